The van der Waals surface area contributed by atoms with Crippen LogP contribution in [0.5, 0.6) is 0 Å². The fraction of sp³-hybridized carbons (Fsp3) is 0.667. The molecule has 2 rings (SSSR count). The quantitative estimate of drug-likeness (QED) is 0.829. The molecule has 0 bridgehead atoms. The van der Waals surface area contributed by atoms with Crippen molar-refractivity contribution in [2.24, 2.45) is 0 Å². The van der Waals surface area contributed by atoms with Gasteiger partial charge < -0.3 is 4.90 Å². The minimum atomic E-state index is -2.73. The van der Waals surface area contributed by atoms with E-state index in [2.05, 4.69) is 5.10 Å². The summed E-state index contributed by atoms with van der Waals surface area (Å²) in [4.78, 5) is 13.0. The average Bonchev–Trinajstić information content (AvgIpc) is 2.84. The number of rotatable bonds is 3. The zero-order valence-electron chi connectivity index (χ0n) is 10.6. The highest BCUT2D eigenvalue weighted by molar-refractivity contribution is 5.76. The molecule has 2 heterocycles. The van der Waals surface area contributed by atoms with Gasteiger partial charge in [-0.15, -0.1) is 0 Å². The summed E-state index contributed by atoms with van der Waals surface area (Å²) in [5, 5.41) is 4.07. The lowest BCUT2D eigenvalue weighted by Crippen LogP contribution is -2.34. The number of carbonyl (C=O) groups excluding carboxylic acids is 1. The van der Waals surface area contributed by atoms with E-state index >= 15 is 0 Å². The van der Waals surface area contributed by atoms with E-state index in [1.807, 2.05) is 13.8 Å². The van der Waals surface area contributed by atoms with Gasteiger partial charge in [-0.05, 0) is 11.5 Å². The van der Waals surface area contributed by atoms with E-state index in [0.717, 1.165) is 5.56 Å². The number of halogens is 2. The Kier molecular flexibility index (Phi) is 3.36. The maximum Gasteiger partial charge on any atom is 0.267 e. The third kappa shape index (κ3) is 2.86. The summed E-state index contributed by atoms with van der Waals surface area (Å²) >= 11 is 0. The highest BCUT2D eigenvalue weighted by Gasteiger charge is 2.40. The van der Waals surface area contributed by atoms with Gasteiger partial charge in [0.25, 0.3) is 5.92 Å². The van der Waals surface area contributed by atoms with Crippen molar-refractivity contribution in [1.29, 1.82) is 0 Å². The number of nitrogens with zero attached hydrogens (tertiary/aromatic N) is 3. The van der Waals surface area contributed by atoms with E-state index in [1.54, 1.807) is 12.4 Å². The Bertz CT molecular complexity index is 442. The van der Waals surface area contributed by atoms with Crippen LogP contribution in [0.3, 0.4) is 0 Å². The molecule has 1 amide bonds. The van der Waals surface area contributed by atoms with Gasteiger partial charge in [-0.3, -0.25) is 9.48 Å². The third-order valence-corrected chi connectivity index (χ3v) is 3.14. The fourth-order valence-electron chi connectivity index (χ4n) is 1.95. The van der Waals surface area contributed by atoms with Crippen LogP contribution in [0.15, 0.2) is 12.4 Å². The highest BCUT2D eigenvalue weighted by atomic mass is 19.3. The zero-order chi connectivity index (χ0) is 13.3. The molecule has 1 saturated heterocycles. The largest absolute Gasteiger partial charge is 0.335 e. The summed E-state index contributed by atoms with van der Waals surface area (Å²) < 4.78 is 27.5. The Balaban J connectivity index is 1.95. The molecule has 4 nitrogen and oxygen atoms in total. The van der Waals surface area contributed by atoms with Crippen molar-refractivity contribution in [1.82, 2.24) is 14.7 Å². The Morgan fingerprint density at radius 2 is 2.28 bits per heavy atom. The van der Waals surface area contributed by atoms with E-state index in [1.165, 1.54) is 9.58 Å². The second-order valence-corrected chi connectivity index (χ2v) is 5.05. The van der Waals surface area contributed by atoms with Crippen LogP contribution in [0.25, 0.3) is 0 Å². The Morgan fingerprint density at radius 1 is 1.56 bits per heavy atom. The highest BCUT2D eigenvalue weighted by Crippen LogP contribution is 2.26. The van der Waals surface area contributed by atoms with E-state index in [0.29, 0.717) is 5.92 Å². The van der Waals surface area contributed by atoms with Crippen LogP contribution < -0.4 is 0 Å². The Morgan fingerprint density at radius 3 is 2.78 bits per heavy atom. The summed E-state index contributed by atoms with van der Waals surface area (Å²) in [6.07, 6.45) is 3.25. The lowest BCUT2D eigenvalue weighted by atomic mass is 10.1. The molecule has 0 radical (unpaired) electrons. The van der Waals surface area contributed by atoms with Gasteiger partial charge in [0.05, 0.1) is 12.7 Å². The van der Waals surface area contributed by atoms with E-state index < -0.39 is 12.5 Å². The SMILES string of the molecule is CC(C)c1cnn(CC(=O)N2CCC(F)(F)C2)c1. The normalized spacial score (nSPS) is 18.6. The molecule has 1 aromatic rings. The van der Waals surface area contributed by atoms with Crippen LogP contribution in [-0.2, 0) is 11.3 Å². The molecule has 1 aliphatic rings. The Hall–Kier alpha value is -1.46. The van der Waals surface area contributed by atoms with Gasteiger partial charge in [-0.2, -0.15) is 5.10 Å². The zero-order valence-corrected chi connectivity index (χ0v) is 10.6. The predicted octanol–water partition coefficient (Wildman–Crippen LogP) is 1.87. The monoisotopic (exact) mass is 257 g/mol. The van der Waals surface area contributed by atoms with Crippen molar-refractivity contribution in [3.63, 3.8) is 0 Å². The van der Waals surface area contributed by atoms with Crippen LogP contribution in [0.2, 0.25) is 0 Å². The maximum absolute atomic E-state index is 13.0. The molecule has 18 heavy (non-hydrogen) atoms. The first-order valence-electron chi connectivity index (χ1n) is 6.05. The van der Waals surface area contributed by atoms with Crippen LogP contribution >= 0.6 is 0 Å². The van der Waals surface area contributed by atoms with Crippen molar-refractivity contribution in [2.45, 2.75) is 38.7 Å². The van der Waals surface area contributed by atoms with Crippen molar-refractivity contribution in [3.8, 4) is 0 Å². The maximum atomic E-state index is 13.0. The lowest BCUT2D eigenvalue weighted by Gasteiger charge is -2.15. The fourth-order valence-corrected chi connectivity index (χ4v) is 1.95. The van der Waals surface area contributed by atoms with Gasteiger partial charge >= 0.3 is 0 Å². The summed E-state index contributed by atoms with van der Waals surface area (Å²) in [5.74, 6) is -2.70. The first kappa shape index (κ1) is 13.0. The number of alkyl halides is 2. The number of hydrogen-bond acceptors (Lipinski definition) is 2. The summed E-state index contributed by atoms with van der Waals surface area (Å²) in [5.41, 5.74) is 1.04. The number of carbonyl (C=O) groups is 1. The van der Waals surface area contributed by atoms with Crippen LogP contribution in [0.4, 0.5) is 8.78 Å². The summed E-state index contributed by atoms with van der Waals surface area (Å²) in [6, 6.07) is 0. The standard InChI is InChI=1S/C12H17F2N3O/c1-9(2)10-5-15-17(6-10)7-11(18)16-4-3-12(13,14)8-16/h5-6,9H,3-4,7-8H2,1-2H3. The van der Waals surface area contributed by atoms with Crippen molar-refractivity contribution < 1.29 is 13.6 Å². The second kappa shape index (κ2) is 4.66. The lowest BCUT2D eigenvalue weighted by molar-refractivity contribution is -0.132. The molecule has 0 saturated carbocycles. The van der Waals surface area contributed by atoms with Crippen molar-refractivity contribution in [2.75, 3.05) is 13.1 Å². The van der Waals surface area contributed by atoms with Crippen LogP contribution in [0, 0.1) is 0 Å². The molecule has 0 unspecified atom stereocenters. The number of likely N-dealkylation sites (tertiary alicyclic amines) is 1. The molecule has 0 N–H and O–H groups in total. The van der Waals surface area contributed by atoms with Crippen LogP contribution in [0.1, 0.15) is 31.7 Å². The third-order valence-electron chi connectivity index (χ3n) is 3.14. The first-order chi connectivity index (χ1) is 8.37. The van der Waals surface area contributed by atoms with Gasteiger partial charge in [0.2, 0.25) is 5.91 Å². The predicted molar refractivity (Wildman–Crippen MR) is 62.5 cm³/mol. The molecule has 0 atom stereocenters. The second-order valence-electron chi connectivity index (χ2n) is 5.05. The minimum absolute atomic E-state index is 0.0306. The molecule has 1 aliphatic heterocycles. The first-order valence-corrected chi connectivity index (χ1v) is 6.05. The number of amides is 1. The molecule has 0 aliphatic carbocycles. The topological polar surface area (TPSA) is 38.1 Å². The summed E-state index contributed by atoms with van der Waals surface area (Å²) in [6.45, 7) is 3.76. The molecule has 100 valence electrons. The molecule has 1 aromatic heterocycles. The van der Waals surface area contributed by atoms with E-state index in [9.17, 15) is 13.6 Å². The van der Waals surface area contributed by atoms with Crippen molar-refractivity contribution in [3.05, 3.63) is 18.0 Å². The molecular weight excluding hydrogens is 240 g/mol. The van der Waals surface area contributed by atoms with Gasteiger partial charge in [0.1, 0.15) is 6.54 Å². The minimum Gasteiger partial charge on any atom is -0.335 e. The smallest absolute Gasteiger partial charge is 0.267 e. The van der Waals surface area contributed by atoms with Gasteiger partial charge in [0.15, 0.2) is 0 Å². The number of aromatic nitrogens is 2. The van der Waals surface area contributed by atoms with Gasteiger partial charge in [-0.25, -0.2) is 8.78 Å². The molecule has 0 spiro atoms. The van der Waals surface area contributed by atoms with Crippen molar-refractivity contribution >= 4 is 5.91 Å². The molecular formula is C12H17F2N3O. The molecule has 6 heteroatoms. The average molecular weight is 257 g/mol. The summed E-state index contributed by atoms with van der Waals surface area (Å²) in [7, 11) is 0. The van der Waals surface area contributed by atoms with Crippen LogP contribution in [-0.4, -0.2) is 39.6 Å². The van der Waals surface area contributed by atoms with Gasteiger partial charge in [0, 0.05) is 19.2 Å². The number of hydrogen-bond donors (Lipinski definition) is 0. The van der Waals surface area contributed by atoms with E-state index in [-0.39, 0.29) is 25.4 Å². The molecule has 0 aromatic carbocycles. The van der Waals surface area contributed by atoms with E-state index in [4.69, 9.17) is 0 Å². The van der Waals surface area contributed by atoms with Gasteiger partial charge in [-0.1, -0.05) is 13.8 Å². The molecule has 1 fully saturated rings. The Labute approximate surface area is 105 Å².